The van der Waals surface area contributed by atoms with Crippen LogP contribution >= 0.6 is 0 Å². The molecule has 0 saturated heterocycles. The summed E-state index contributed by atoms with van der Waals surface area (Å²) in [4.78, 5) is 6.83. The second kappa shape index (κ2) is 4.55. The first kappa shape index (κ1) is 12.5. The smallest absolute Gasteiger partial charge is 0.196 e. The van der Waals surface area contributed by atoms with Crippen molar-refractivity contribution < 1.29 is 0 Å². The maximum absolute atomic E-state index is 6.17. The quantitative estimate of drug-likeness (QED) is 0.840. The minimum absolute atomic E-state index is 0.145. The fourth-order valence-corrected chi connectivity index (χ4v) is 3.39. The lowest BCUT2D eigenvalue weighted by molar-refractivity contribution is 0.261. The summed E-state index contributed by atoms with van der Waals surface area (Å²) in [6.07, 6.45) is 4.97. The molecule has 2 aliphatic rings. The van der Waals surface area contributed by atoms with Gasteiger partial charge in [-0.05, 0) is 50.7 Å². The van der Waals surface area contributed by atoms with Gasteiger partial charge in [0.2, 0.25) is 0 Å². The summed E-state index contributed by atoms with van der Waals surface area (Å²) in [5.74, 6) is 1.53. The van der Waals surface area contributed by atoms with Crippen molar-refractivity contribution in [1.82, 2.24) is 0 Å². The van der Waals surface area contributed by atoms with Crippen molar-refractivity contribution in [1.29, 1.82) is 0 Å². The second-order valence-corrected chi connectivity index (χ2v) is 6.25. The summed E-state index contributed by atoms with van der Waals surface area (Å²) in [6, 6.07) is 8.64. The van der Waals surface area contributed by atoms with Crippen molar-refractivity contribution in [2.24, 2.45) is 16.6 Å². The zero-order valence-corrected chi connectivity index (χ0v) is 11.9. The first-order chi connectivity index (χ1) is 9.11. The number of hydrogen-bond donors (Lipinski definition) is 1. The lowest BCUT2D eigenvalue weighted by Crippen LogP contribution is -2.53. The van der Waals surface area contributed by atoms with E-state index in [2.05, 4.69) is 48.0 Å². The van der Waals surface area contributed by atoms with Crippen molar-refractivity contribution in [3.63, 3.8) is 0 Å². The average molecular weight is 257 g/mol. The number of nitrogens with zero attached hydrogens (tertiary/aromatic N) is 2. The van der Waals surface area contributed by atoms with Gasteiger partial charge >= 0.3 is 0 Å². The highest BCUT2D eigenvalue weighted by molar-refractivity contribution is 5.98. The normalized spacial score (nSPS) is 30.7. The minimum Gasteiger partial charge on any atom is -0.369 e. The Hall–Kier alpha value is -1.51. The molecule has 102 valence electrons. The van der Waals surface area contributed by atoms with E-state index in [1.165, 1.54) is 36.9 Å². The van der Waals surface area contributed by atoms with E-state index in [9.17, 15) is 0 Å². The first-order valence-electron chi connectivity index (χ1n) is 7.28. The van der Waals surface area contributed by atoms with Crippen molar-refractivity contribution >= 4 is 11.6 Å². The predicted octanol–water partition coefficient (Wildman–Crippen LogP) is 3.08. The van der Waals surface area contributed by atoms with Crippen LogP contribution in [0.5, 0.6) is 0 Å². The number of guanidine groups is 1. The standard InChI is InChI=1S/C16H23N3/c1-12-3-5-14(6-4-12)19-15(17)18-11-16(19)9-7-13(2)8-10-16/h3-6,13H,7-11H2,1-2H3,(H2,17,18). The van der Waals surface area contributed by atoms with Crippen LogP contribution in [-0.4, -0.2) is 18.0 Å². The van der Waals surface area contributed by atoms with E-state index in [1.807, 2.05) is 0 Å². The molecule has 1 saturated carbocycles. The Balaban J connectivity index is 1.92. The summed E-state index contributed by atoms with van der Waals surface area (Å²) in [6.45, 7) is 5.32. The van der Waals surface area contributed by atoms with E-state index in [-0.39, 0.29) is 5.54 Å². The lowest BCUT2D eigenvalue weighted by Gasteiger charge is -2.43. The van der Waals surface area contributed by atoms with Crippen molar-refractivity contribution in [2.75, 3.05) is 11.4 Å². The summed E-state index contributed by atoms with van der Waals surface area (Å²) >= 11 is 0. The predicted molar refractivity (Wildman–Crippen MR) is 80.5 cm³/mol. The molecule has 0 unspecified atom stereocenters. The Kier molecular flexibility index (Phi) is 3.00. The van der Waals surface area contributed by atoms with Gasteiger partial charge in [0, 0.05) is 5.69 Å². The molecule has 1 fully saturated rings. The Morgan fingerprint density at radius 3 is 2.47 bits per heavy atom. The third-order valence-corrected chi connectivity index (χ3v) is 4.74. The molecule has 0 bridgehead atoms. The van der Waals surface area contributed by atoms with Crippen molar-refractivity contribution in [3.8, 4) is 0 Å². The van der Waals surface area contributed by atoms with Gasteiger partial charge in [0.05, 0.1) is 12.1 Å². The van der Waals surface area contributed by atoms with Gasteiger partial charge in [-0.1, -0.05) is 24.6 Å². The van der Waals surface area contributed by atoms with Crippen LogP contribution in [0.3, 0.4) is 0 Å². The maximum atomic E-state index is 6.17. The first-order valence-corrected chi connectivity index (χ1v) is 7.28. The molecular formula is C16H23N3. The molecule has 2 N–H and O–H groups in total. The molecular weight excluding hydrogens is 234 g/mol. The van der Waals surface area contributed by atoms with Crippen LogP contribution in [0.2, 0.25) is 0 Å². The van der Waals surface area contributed by atoms with Crippen molar-refractivity contribution in [2.45, 2.75) is 45.1 Å². The van der Waals surface area contributed by atoms with Gasteiger partial charge in [-0.15, -0.1) is 0 Å². The van der Waals surface area contributed by atoms with E-state index >= 15 is 0 Å². The molecule has 0 atom stereocenters. The molecule has 1 aromatic rings. The number of nitrogens with two attached hydrogens (primary N) is 1. The summed E-state index contributed by atoms with van der Waals surface area (Å²) in [5, 5.41) is 0. The Bertz CT molecular complexity index is 481. The number of rotatable bonds is 1. The van der Waals surface area contributed by atoms with Gasteiger partial charge < -0.3 is 10.6 Å². The molecule has 19 heavy (non-hydrogen) atoms. The van der Waals surface area contributed by atoms with E-state index in [0.717, 1.165) is 12.5 Å². The molecule has 1 aromatic carbocycles. The average Bonchev–Trinajstić information content (AvgIpc) is 2.72. The molecule has 0 radical (unpaired) electrons. The third-order valence-electron chi connectivity index (χ3n) is 4.74. The summed E-state index contributed by atoms with van der Waals surface area (Å²) < 4.78 is 0. The molecule has 0 aromatic heterocycles. The molecule has 1 spiro atoms. The molecule has 0 amide bonds. The van der Waals surface area contributed by atoms with Crippen LogP contribution in [-0.2, 0) is 0 Å². The zero-order chi connectivity index (χ0) is 13.5. The van der Waals surface area contributed by atoms with Gasteiger partial charge in [-0.3, -0.25) is 4.99 Å². The number of hydrogen-bond acceptors (Lipinski definition) is 3. The van der Waals surface area contributed by atoms with Gasteiger partial charge in [-0.2, -0.15) is 0 Å². The highest BCUT2D eigenvalue weighted by Gasteiger charge is 2.44. The highest BCUT2D eigenvalue weighted by Crippen LogP contribution is 2.41. The van der Waals surface area contributed by atoms with Crippen LogP contribution in [0.4, 0.5) is 5.69 Å². The molecule has 1 aliphatic heterocycles. The van der Waals surface area contributed by atoms with Gasteiger partial charge in [0.15, 0.2) is 5.96 Å². The van der Waals surface area contributed by atoms with Gasteiger partial charge in [0.25, 0.3) is 0 Å². The van der Waals surface area contributed by atoms with E-state index in [0.29, 0.717) is 5.96 Å². The van der Waals surface area contributed by atoms with E-state index in [4.69, 9.17) is 5.73 Å². The minimum atomic E-state index is 0.145. The number of aryl methyl sites for hydroxylation is 1. The van der Waals surface area contributed by atoms with Crippen molar-refractivity contribution in [3.05, 3.63) is 29.8 Å². The summed E-state index contributed by atoms with van der Waals surface area (Å²) in [7, 11) is 0. The number of benzene rings is 1. The molecule has 3 rings (SSSR count). The SMILES string of the molecule is Cc1ccc(N2C(N)=NCC23CCC(C)CC3)cc1. The monoisotopic (exact) mass is 257 g/mol. The van der Waals surface area contributed by atoms with Crippen LogP contribution in [0.25, 0.3) is 0 Å². The fourth-order valence-electron chi connectivity index (χ4n) is 3.39. The second-order valence-electron chi connectivity index (χ2n) is 6.25. The van der Waals surface area contributed by atoms with E-state index in [1.54, 1.807) is 0 Å². The lowest BCUT2D eigenvalue weighted by atomic mass is 9.76. The van der Waals surface area contributed by atoms with Crippen LogP contribution in [0, 0.1) is 12.8 Å². The zero-order valence-electron chi connectivity index (χ0n) is 11.9. The Morgan fingerprint density at radius 1 is 1.21 bits per heavy atom. The van der Waals surface area contributed by atoms with Gasteiger partial charge in [-0.25, -0.2) is 0 Å². The third kappa shape index (κ3) is 2.11. The Labute approximate surface area is 115 Å². The molecule has 3 heteroatoms. The van der Waals surface area contributed by atoms with E-state index < -0.39 is 0 Å². The summed E-state index contributed by atoms with van der Waals surface area (Å²) in [5.41, 5.74) is 8.79. The number of aliphatic imine (C=N–C) groups is 1. The maximum Gasteiger partial charge on any atom is 0.196 e. The number of anilines is 1. The fraction of sp³-hybridized carbons (Fsp3) is 0.562. The highest BCUT2D eigenvalue weighted by atomic mass is 15.4. The van der Waals surface area contributed by atoms with Crippen LogP contribution < -0.4 is 10.6 Å². The molecule has 1 aliphatic carbocycles. The Morgan fingerprint density at radius 2 is 1.84 bits per heavy atom. The topological polar surface area (TPSA) is 41.6 Å². The molecule has 3 nitrogen and oxygen atoms in total. The van der Waals surface area contributed by atoms with Gasteiger partial charge in [0.1, 0.15) is 0 Å². The largest absolute Gasteiger partial charge is 0.369 e. The van der Waals surface area contributed by atoms with Crippen LogP contribution in [0.1, 0.15) is 38.2 Å². The molecule has 1 heterocycles. The van der Waals surface area contributed by atoms with Crippen LogP contribution in [0.15, 0.2) is 29.3 Å².